The number of hydrogen-bond acceptors (Lipinski definition) is 2. The lowest BCUT2D eigenvalue weighted by Gasteiger charge is -2.12. The van der Waals surface area contributed by atoms with Gasteiger partial charge in [0, 0.05) is 17.4 Å². The lowest BCUT2D eigenvalue weighted by atomic mass is 10.1. The van der Waals surface area contributed by atoms with Crippen molar-refractivity contribution < 1.29 is 9.90 Å². The maximum absolute atomic E-state index is 12.0. The van der Waals surface area contributed by atoms with Gasteiger partial charge in [0.15, 0.2) is 0 Å². The zero-order chi connectivity index (χ0) is 14.4. The van der Waals surface area contributed by atoms with Gasteiger partial charge < -0.3 is 10.4 Å². The first-order chi connectivity index (χ1) is 9.66. The highest BCUT2D eigenvalue weighted by atomic mass is 79.9. The van der Waals surface area contributed by atoms with Crippen molar-refractivity contribution in [2.24, 2.45) is 0 Å². The molecule has 0 fully saturated rings. The molecule has 104 valence electrons. The molecule has 2 rings (SSSR count). The molecule has 4 heteroatoms. The number of halogens is 1. The van der Waals surface area contributed by atoms with E-state index in [0.717, 1.165) is 10.0 Å². The highest BCUT2D eigenvalue weighted by Crippen LogP contribution is 2.15. The summed E-state index contributed by atoms with van der Waals surface area (Å²) in [7, 11) is 0. The summed E-state index contributed by atoms with van der Waals surface area (Å²) in [6.45, 7) is 0.231. The predicted octanol–water partition coefficient (Wildman–Crippen LogP) is 2.78. The van der Waals surface area contributed by atoms with Crippen molar-refractivity contribution in [3.05, 3.63) is 70.2 Å². The van der Waals surface area contributed by atoms with E-state index in [4.69, 9.17) is 0 Å². The Kier molecular flexibility index (Phi) is 5.32. The van der Waals surface area contributed by atoms with Gasteiger partial charge in [-0.1, -0.05) is 42.5 Å². The number of carbonyl (C=O) groups excluding carboxylic acids is 1. The zero-order valence-electron chi connectivity index (χ0n) is 10.9. The molecule has 20 heavy (non-hydrogen) atoms. The highest BCUT2D eigenvalue weighted by Gasteiger charge is 2.11. The van der Waals surface area contributed by atoms with E-state index >= 15 is 0 Å². The third-order valence-corrected chi connectivity index (χ3v) is 3.62. The van der Waals surface area contributed by atoms with Crippen molar-refractivity contribution in [1.82, 2.24) is 5.32 Å². The van der Waals surface area contributed by atoms with Crippen molar-refractivity contribution in [2.45, 2.75) is 12.5 Å². The average molecular weight is 334 g/mol. The first-order valence-electron chi connectivity index (χ1n) is 6.41. The Morgan fingerprint density at radius 3 is 2.45 bits per heavy atom. The molecule has 0 aliphatic rings. The van der Waals surface area contributed by atoms with E-state index in [1.54, 1.807) is 12.1 Å². The van der Waals surface area contributed by atoms with E-state index in [9.17, 15) is 9.90 Å². The van der Waals surface area contributed by atoms with Crippen molar-refractivity contribution >= 4 is 21.8 Å². The SMILES string of the molecule is O=C(NCC(O)Cc1ccccc1)c1ccccc1Br. The molecular formula is C16H16BrNO2. The predicted molar refractivity (Wildman–Crippen MR) is 82.6 cm³/mol. The number of aliphatic hydroxyl groups is 1. The van der Waals surface area contributed by atoms with Gasteiger partial charge in [-0.05, 0) is 33.6 Å². The van der Waals surface area contributed by atoms with Crippen LogP contribution in [0.5, 0.6) is 0 Å². The summed E-state index contributed by atoms with van der Waals surface area (Å²) in [5.74, 6) is -0.190. The Bertz CT molecular complexity index is 572. The number of rotatable bonds is 5. The van der Waals surface area contributed by atoms with E-state index in [0.29, 0.717) is 12.0 Å². The summed E-state index contributed by atoms with van der Waals surface area (Å²) in [5.41, 5.74) is 1.62. The summed E-state index contributed by atoms with van der Waals surface area (Å²) in [6, 6.07) is 16.9. The van der Waals surface area contributed by atoms with E-state index < -0.39 is 6.10 Å². The maximum atomic E-state index is 12.0. The van der Waals surface area contributed by atoms with Crippen LogP contribution in [-0.4, -0.2) is 23.7 Å². The van der Waals surface area contributed by atoms with Gasteiger partial charge in [0.1, 0.15) is 0 Å². The second-order valence-electron chi connectivity index (χ2n) is 4.53. The normalized spacial score (nSPS) is 11.9. The number of amides is 1. The van der Waals surface area contributed by atoms with Gasteiger partial charge in [0.2, 0.25) is 0 Å². The van der Waals surface area contributed by atoms with Crippen LogP contribution in [0.1, 0.15) is 15.9 Å². The summed E-state index contributed by atoms with van der Waals surface area (Å²) >= 11 is 3.33. The van der Waals surface area contributed by atoms with Gasteiger partial charge in [-0.2, -0.15) is 0 Å². The quantitative estimate of drug-likeness (QED) is 0.883. The molecule has 0 heterocycles. The Balaban J connectivity index is 1.86. The van der Waals surface area contributed by atoms with Crippen LogP contribution in [0.4, 0.5) is 0 Å². The molecule has 0 saturated carbocycles. The minimum absolute atomic E-state index is 0.190. The van der Waals surface area contributed by atoms with Crippen molar-refractivity contribution in [2.75, 3.05) is 6.54 Å². The molecule has 1 amide bonds. The molecule has 0 aliphatic carbocycles. The van der Waals surface area contributed by atoms with Gasteiger partial charge in [-0.25, -0.2) is 0 Å². The molecule has 1 unspecified atom stereocenters. The minimum atomic E-state index is -0.594. The van der Waals surface area contributed by atoms with Crippen molar-refractivity contribution in [3.8, 4) is 0 Å². The molecule has 1 atom stereocenters. The van der Waals surface area contributed by atoms with Crippen LogP contribution in [0.3, 0.4) is 0 Å². The summed E-state index contributed by atoms with van der Waals surface area (Å²) in [4.78, 5) is 12.0. The number of benzene rings is 2. The zero-order valence-corrected chi connectivity index (χ0v) is 12.5. The third-order valence-electron chi connectivity index (χ3n) is 2.93. The smallest absolute Gasteiger partial charge is 0.252 e. The van der Waals surface area contributed by atoms with Crippen LogP contribution in [0.2, 0.25) is 0 Å². The Morgan fingerprint density at radius 1 is 1.10 bits per heavy atom. The number of hydrogen-bond donors (Lipinski definition) is 2. The Morgan fingerprint density at radius 2 is 1.75 bits per heavy atom. The van der Waals surface area contributed by atoms with Crippen LogP contribution in [-0.2, 0) is 6.42 Å². The Labute approximate surface area is 126 Å². The number of aliphatic hydroxyl groups excluding tert-OH is 1. The highest BCUT2D eigenvalue weighted by molar-refractivity contribution is 9.10. The van der Waals surface area contributed by atoms with E-state index in [-0.39, 0.29) is 12.5 Å². The van der Waals surface area contributed by atoms with E-state index in [1.807, 2.05) is 42.5 Å². The molecule has 0 aliphatic heterocycles. The number of nitrogens with one attached hydrogen (secondary N) is 1. The summed E-state index contributed by atoms with van der Waals surface area (Å²) < 4.78 is 0.745. The maximum Gasteiger partial charge on any atom is 0.252 e. The largest absolute Gasteiger partial charge is 0.391 e. The fourth-order valence-corrected chi connectivity index (χ4v) is 2.37. The van der Waals surface area contributed by atoms with Crippen LogP contribution in [0.15, 0.2) is 59.1 Å². The van der Waals surface area contributed by atoms with Crippen molar-refractivity contribution in [1.29, 1.82) is 0 Å². The lowest BCUT2D eigenvalue weighted by molar-refractivity contribution is 0.0915. The molecule has 0 saturated heterocycles. The monoisotopic (exact) mass is 333 g/mol. The molecule has 0 spiro atoms. The fraction of sp³-hybridized carbons (Fsp3) is 0.188. The van der Waals surface area contributed by atoms with Crippen LogP contribution in [0, 0.1) is 0 Å². The second kappa shape index (κ2) is 7.22. The fourth-order valence-electron chi connectivity index (χ4n) is 1.91. The van der Waals surface area contributed by atoms with Crippen LogP contribution >= 0.6 is 15.9 Å². The lowest BCUT2D eigenvalue weighted by Crippen LogP contribution is -2.33. The van der Waals surface area contributed by atoms with Gasteiger partial charge in [-0.3, -0.25) is 4.79 Å². The Hall–Kier alpha value is -1.65. The molecule has 3 nitrogen and oxygen atoms in total. The van der Waals surface area contributed by atoms with Crippen molar-refractivity contribution in [3.63, 3.8) is 0 Å². The molecule has 0 aromatic heterocycles. The van der Waals surface area contributed by atoms with Crippen LogP contribution in [0.25, 0.3) is 0 Å². The number of carbonyl (C=O) groups is 1. The standard InChI is InChI=1S/C16H16BrNO2/c17-15-9-5-4-8-14(15)16(20)18-11-13(19)10-12-6-2-1-3-7-12/h1-9,13,19H,10-11H2,(H,18,20). The first-order valence-corrected chi connectivity index (χ1v) is 7.21. The minimum Gasteiger partial charge on any atom is -0.391 e. The first kappa shape index (κ1) is 14.8. The van der Waals surface area contributed by atoms with Crippen LogP contribution < -0.4 is 5.32 Å². The third kappa shape index (κ3) is 4.18. The van der Waals surface area contributed by atoms with E-state index in [2.05, 4.69) is 21.2 Å². The van der Waals surface area contributed by atoms with Gasteiger partial charge >= 0.3 is 0 Å². The second-order valence-corrected chi connectivity index (χ2v) is 5.39. The molecular weight excluding hydrogens is 318 g/mol. The molecule has 0 radical (unpaired) electrons. The molecule has 2 aromatic rings. The molecule has 2 N–H and O–H groups in total. The van der Waals surface area contributed by atoms with E-state index in [1.165, 1.54) is 0 Å². The molecule has 2 aromatic carbocycles. The molecule has 0 bridgehead atoms. The topological polar surface area (TPSA) is 49.3 Å². The van der Waals surface area contributed by atoms with Gasteiger partial charge in [0.25, 0.3) is 5.91 Å². The summed E-state index contributed by atoms with van der Waals surface area (Å²) in [6.07, 6.45) is -0.0688. The summed E-state index contributed by atoms with van der Waals surface area (Å²) in [5, 5.41) is 12.7. The van der Waals surface area contributed by atoms with Gasteiger partial charge in [0.05, 0.1) is 11.7 Å². The van der Waals surface area contributed by atoms with Gasteiger partial charge in [-0.15, -0.1) is 0 Å². The average Bonchev–Trinajstić information content (AvgIpc) is 2.46.